The Labute approximate surface area is 125 Å². The molecular formula is C16H22N4O. The monoisotopic (exact) mass is 286 g/mol. The van der Waals surface area contributed by atoms with Crippen molar-refractivity contribution in [1.29, 1.82) is 0 Å². The summed E-state index contributed by atoms with van der Waals surface area (Å²) in [6.45, 7) is 4.85. The lowest BCUT2D eigenvalue weighted by Gasteiger charge is -2.34. The zero-order valence-corrected chi connectivity index (χ0v) is 12.5. The first-order valence-corrected chi connectivity index (χ1v) is 7.61. The third-order valence-electron chi connectivity index (χ3n) is 4.15. The van der Waals surface area contributed by atoms with Gasteiger partial charge < -0.3 is 15.1 Å². The molecule has 5 heteroatoms. The fourth-order valence-electron chi connectivity index (χ4n) is 2.84. The molecule has 0 atom stereocenters. The molecule has 1 N–H and O–H groups in total. The van der Waals surface area contributed by atoms with Crippen LogP contribution >= 0.6 is 0 Å². The molecule has 112 valence electrons. The maximum Gasteiger partial charge on any atom is 0.247 e. The van der Waals surface area contributed by atoms with Gasteiger partial charge in [0.05, 0.1) is 0 Å². The second-order valence-electron chi connectivity index (χ2n) is 5.74. The van der Waals surface area contributed by atoms with Crippen molar-refractivity contribution in [3.05, 3.63) is 29.5 Å². The van der Waals surface area contributed by atoms with Crippen LogP contribution in [0.5, 0.6) is 0 Å². The highest BCUT2D eigenvalue weighted by molar-refractivity contribution is 5.99. The van der Waals surface area contributed by atoms with Crippen LogP contribution in [0.25, 0.3) is 6.08 Å². The van der Waals surface area contributed by atoms with Gasteiger partial charge in [-0.05, 0) is 38.1 Å². The molecule has 0 saturated carbocycles. The number of amides is 1. The molecule has 2 aliphatic rings. The van der Waals surface area contributed by atoms with Crippen molar-refractivity contribution in [3.8, 4) is 0 Å². The van der Waals surface area contributed by atoms with Gasteiger partial charge in [-0.2, -0.15) is 0 Å². The lowest BCUT2D eigenvalue weighted by molar-refractivity contribution is -0.118. The molecule has 0 spiro atoms. The summed E-state index contributed by atoms with van der Waals surface area (Å²) in [6.07, 6.45) is 5.70. The van der Waals surface area contributed by atoms with Gasteiger partial charge in [-0.25, -0.2) is 4.98 Å². The molecule has 0 bridgehead atoms. The van der Waals surface area contributed by atoms with Crippen LogP contribution in [0.4, 0.5) is 5.82 Å². The van der Waals surface area contributed by atoms with Crippen molar-refractivity contribution in [1.82, 2.24) is 15.2 Å². The molecule has 1 aromatic rings. The largest absolute Gasteiger partial charge is 0.354 e. The highest BCUT2D eigenvalue weighted by atomic mass is 16.1. The molecule has 5 nitrogen and oxygen atoms in total. The normalized spacial score (nSPS) is 22.4. The molecule has 1 aromatic heterocycles. The number of nitrogens with one attached hydrogen (secondary N) is 1. The summed E-state index contributed by atoms with van der Waals surface area (Å²) < 4.78 is 0. The van der Waals surface area contributed by atoms with E-state index in [0.29, 0.717) is 0 Å². The summed E-state index contributed by atoms with van der Waals surface area (Å²) in [4.78, 5) is 21.1. The Morgan fingerprint density at radius 1 is 1.29 bits per heavy atom. The minimum Gasteiger partial charge on any atom is -0.354 e. The Balaban J connectivity index is 1.85. The van der Waals surface area contributed by atoms with Crippen molar-refractivity contribution in [3.63, 3.8) is 0 Å². The van der Waals surface area contributed by atoms with Crippen LogP contribution in [0.2, 0.25) is 0 Å². The number of hydrogen-bond donors (Lipinski definition) is 1. The summed E-state index contributed by atoms with van der Waals surface area (Å²) in [5.74, 6) is 1.06. The van der Waals surface area contributed by atoms with Crippen LogP contribution in [0, 0.1) is 0 Å². The minimum absolute atomic E-state index is 0.0643. The van der Waals surface area contributed by atoms with Crippen LogP contribution < -0.4 is 10.2 Å². The molecule has 1 amide bonds. The van der Waals surface area contributed by atoms with E-state index in [1.165, 1.54) is 0 Å². The van der Waals surface area contributed by atoms with Crippen LogP contribution in [0.1, 0.15) is 18.4 Å². The SMILES string of the molecule is CN1CCN(c2ncccc2/C=C2\CCCNC2=O)CC1. The molecular weight excluding hydrogens is 264 g/mol. The standard InChI is InChI=1S/C16H22N4O/c1-19-8-10-20(11-9-19)15-13(4-2-6-17-15)12-14-5-3-7-18-16(14)21/h2,4,6,12H,3,5,7-11H2,1H3,(H,18,21)/b14-12+. The van der Waals surface area contributed by atoms with Gasteiger partial charge in [-0.1, -0.05) is 0 Å². The second kappa shape index (κ2) is 6.26. The molecule has 0 aliphatic carbocycles. The maximum absolute atomic E-state index is 11.9. The Morgan fingerprint density at radius 2 is 2.10 bits per heavy atom. The smallest absolute Gasteiger partial charge is 0.247 e. The number of piperidine rings is 1. The van der Waals surface area contributed by atoms with E-state index in [1.807, 2.05) is 18.3 Å². The van der Waals surface area contributed by atoms with Gasteiger partial charge in [0, 0.05) is 50.1 Å². The number of likely N-dealkylation sites (N-methyl/N-ethyl adjacent to an activating group) is 1. The van der Waals surface area contributed by atoms with Gasteiger partial charge in [-0.15, -0.1) is 0 Å². The Bertz CT molecular complexity index is 547. The number of carbonyl (C=O) groups is 1. The predicted molar refractivity (Wildman–Crippen MR) is 84.2 cm³/mol. The topological polar surface area (TPSA) is 48.5 Å². The van der Waals surface area contributed by atoms with Gasteiger partial charge in [0.1, 0.15) is 5.82 Å². The van der Waals surface area contributed by atoms with E-state index in [-0.39, 0.29) is 5.91 Å². The highest BCUT2D eigenvalue weighted by Gasteiger charge is 2.19. The number of pyridine rings is 1. The van der Waals surface area contributed by atoms with Gasteiger partial charge in [0.15, 0.2) is 0 Å². The third-order valence-corrected chi connectivity index (χ3v) is 4.15. The van der Waals surface area contributed by atoms with E-state index < -0.39 is 0 Å². The van der Waals surface area contributed by atoms with E-state index >= 15 is 0 Å². The zero-order valence-electron chi connectivity index (χ0n) is 12.5. The molecule has 0 radical (unpaired) electrons. The number of anilines is 1. The molecule has 3 heterocycles. The molecule has 21 heavy (non-hydrogen) atoms. The fraction of sp³-hybridized carbons (Fsp3) is 0.500. The summed E-state index contributed by atoms with van der Waals surface area (Å²) in [6, 6.07) is 3.99. The minimum atomic E-state index is 0.0643. The van der Waals surface area contributed by atoms with Crippen molar-refractivity contribution < 1.29 is 4.79 Å². The first-order chi connectivity index (χ1) is 10.2. The second-order valence-corrected chi connectivity index (χ2v) is 5.74. The molecule has 2 saturated heterocycles. The maximum atomic E-state index is 11.9. The van der Waals surface area contributed by atoms with Gasteiger partial charge in [0.25, 0.3) is 0 Å². The summed E-state index contributed by atoms with van der Waals surface area (Å²) in [7, 11) is 2.14. The van der Waals surface area contributed by atoms with Crippen molar-refractivity contribution in [2.24, 2.45) is 0 Å². The van der Waals surface area contributed by atoms with Crippen molar-refractivity contribution >= 4 is 17.8 Å². The summed E-state index contributed by atoms with van der Waals surface area (Å²) in [5, 5.41) is 2.91. The van der Waals surface area contributed by atoms with E-state index in [1.54, 1.807) is 0 Å². The quantitative estimate of drug-likeness (QED) is 0.828. The summed E-state index contributed by atoms with van der Waals surface area (Å²) >= 11 is 0. The van der Waals surface area contributed by atoms with E-state index in [0.717, 1.165) is 62.5 Å². The number of rotatable bonds is 2. The highest BCUT2D eigenvalue weighted by Crippen LogP contribution is 2.23. The number of hydrogen-bond acceptors (Lipinski definition) is 4. The van der Waals surface area contributed by atoms with Crippen LogP contribution in [0.15, 0.2) is 23.9 Å². The Morgan fingerprint density at radius 3 is 2.86 bits per heavy atom. The molecule has 0 unspecified atom stereocenters. The number of nitrogens with zero attached hydrogens (tertiary/aromatic N) is 3. The number of piperazine rings is 1. The van der Waals surface area contributed by atoms with Crippen LogP contribution in [-0.2, 0) is 4.79 Å². The fourth-order valence-corrected chi connectivity index (χ4v) is 2.84. The van der Waals surface area contributed by atoms with Gasteiger partial charge >= 0.3 is 0 Å². The van der Waals surface area contributed by atoms with Crippen LogP contribution in [-0.4, -0.2) is 55.6 Å². The van der Waals surface area contributed by atoms with Crippen LogP contribution in [0.3, 0.4) is 0 Å². The van der Waals surface area contributed by atoms with Crippen molar-refractivity contribution in [2.75, 3.05) is 44.7 Å². The van der Waals surface area contributed by atoms with Crippen molar-refractivity contribution in [2.45, 2.75) is 12.8 Å². The first kappa shape index (κ1) is 14.1. The number of carbonyl (C=O) groups excluding carboxylic acids is 1. The first-order valence-electron chi connectivity index (χ1n) is 7.61. The Kier molecular flexibility index (Phi) is 4.20. The van der Waals surface area contributed by atoms with Gasteiger partial charge in [-0.3, -0.25) is 4.79 Å². The predicted octanol–water partition coefficient (Wildman–Crippen LogP) is 1.13. The Hall–Kier alpha value is -1.88. The van der Waals surface area contributed by atoms with E-state index in [9.17, 15) is 4.79 Å². The average Bonchev–Trinajstić information content (AvgIpc) is 2.51. The number of aromatic nitrogens is 1. The molecule has 0 aromatic carbocycles. The lowest BCUT2D eigenvalue weighted by atomic mass is 10.0. The van der Waals surface area contributed by atoms with Gasteiger partial charge in [0.2, 0.25) is 5.91 Å². The van der Waals surface area contributed by atoms with E-state index in [2.05, 4.69) is 33.2 Å². The zero-order chi connectivity index (χ0) is 14.7. The molecule has 2 aliphatic heterocycles. The third kappa shape index (κ3) is 3.24. The lowest BCUT2D eigenvalue weighted by Crippen LogP contribution is -2.45. The molecule has 2 fully saturated rings. The van der Waals surface area contributed by atoms with E-state index in [4.69, 9.17) is 0 Å². The molecule has 3 rings (SSSR count). The average molecular weight is 286 g/mol. The summed E-state index contributed by atoms with van der Waals surface area (Å²) in [5.41, 5.74) is 1.92.